The molecule has 148 valence electrons. The number of hydrogen-bond donors (Lipinski definition) is 0. The van der Waals surface area contributed by atoms with Crippen LogP contribution in [0.3, 0.4) is 0 Å². The summed E-state index contributed by atoms with van der Waals surface area (Å²) >= 11 is 0. The van der Waals surface area contributed by atoms with E-state index in [0.717, 1.165) is 30.4 Å². The number of rotatable bonds is 2. The minimum Gasteiger partial charge on any atom is -0.203 e. The smallest absolute Gasteiger partial charge is 0.203 e. The monoisotopic (exact) mass is 384 g/mol. The quantitative estimate of drug-likeness (QED) is 0.461. The molecule has 0 bridgehead atoms. The summed E-state index contributed by atoms with van der Waals surface area (Å²) in [5.74, 6) is -2.12. The first-order valence-corrected chi connectivity index (χ1v) is 9.43. The predicted molar refractivity (Wildman–Crippen MR) is 98.5 cm³/mol. The Morgan fingerprint density at radius 3 is 1.85 bits per heavy atom. The third-order valence-electron chi connectivity index (χ3n) is 5.10. The Kier molecular flexibility index (Phi) is 7.01. The Balaban J connectivity index is 0.00000126. The highest BCUT2D eigenvalue weighted by Gasteiger charge is 2.36. The van der Waals surface area contributed by atoms with E-state index in [0.29, 0.717) is 17.5 Å². The van der Waals surface area contributed by atoms with Crippen molar-refractivity contribution < 1.29 is 22.0 Å². The van der Waals surface area contributed by atoms with Gasteiger partial charge in [0.15, 0.2) is 11.6 Å². The van der Waals surface area contributed by atoms with E-state index in [4.69, 9.17) is 0 Å². The maximum absolute atomic E-state index is 14.1. The summed E-state index contributed by atoms with van der Waals surface area (Å²) in [5.41, 5.74) is -0.225. The van der Waals surface area contributed by atoms with Gasteiger partial charge in [-0.2, -0.15) is 13.2 Å². The second-order valence-electron chi connectivity index (χ2n) is 6.87. The second kappa shape index (κ2) is 8.85. The summed E-state index contributed by atoms with van der Waals surface area (Å²) < 4.78 is 65.8. The van der Waals surface area contributed by atoms with Gasteiger partial charge in [-0.15, -0.1) is 0 Å². The molecule has 27 heavy (non-hydrogen) atoms. The number of hydrogen-bond acceptors (Lipinski definition) is 0. The summed E-state index contributed by atoms with van der Waals surface area (Å²) in [4.78, 5) is 0. The van der Waals surface area contributed by atoms with E-state index in [1.807, 2.05) is 26.0 Å². The molecule has 2 aromatic rings. The first-order valence-electron chi connectivity index (χ1n) is 9.43. The molecule has 0 spiro atoms. The fraction of sp³-hybridized carbons (Fsp3) is 0.455. The molecule has 0 aromatic heterocycles. The topological polar surface area (TPSA) is 0 Å². The van der Waals surface area contributed by atoms with Crippen LogP contribution in [0.15, 0.2) is 36.4 Å². The lowest BCUT2D eigenvalue weighted by atomic mass is 9.79. The van der Waals surface area contributed by atoms with E-state index >= 15 is 0 Å². The lowest BCUT2D eigenvalue weighted by Crippen LogP contribution is -2.11. The molecule has 0 radical (unpaired) electrons. The molecule has 1 saturated carbocycles. The molecule has 0 aliphatic heterocycles. The molecule has 0 unspecified atom stereocenters. The maximum atomic E-state index is 14.1. The maximum Gasteiger partial charge on any atom is 0.419 e. The van der Waals surface area contributed by atoms with Crippen molar-refractivity contribution in [3.05, 3.63) is 59.2 Å². The first-order chi connectivity index (χ1) is 12.8. The van der Waals surface area contributed by atoms with Crippen LogP contribution in [0.4, 0.5) is 22.0 Å². The van der Waals surface area contributed by atoms with Gasteiger partial charge in [0.2, 0.25) is 0 Å². The zero-order valence-corrected chi connectivity index (χ0v) is 15.8. The summed E-state index contributed by atoms with van der Waals surface area (Å²) in [5, 5.41) is 0. The molecule has 0 saturated heterocycles. The van der Waals surface area contributed by atoms with Crippen LogP contribution in [0.5, 0.6) is 0 Å². The third-order valence-corrected chi connectivity index (χ3v) is 5.10. The van der Waals surface area contributed by atoms with Crippen LogP contribution < -0.4 is 0 Å². The SMILES string of the molecule is CC.CC1CCC(c2ccc(-c3ccc(C(F)(F)F)c(F)c3F)cc2)CC1. The second-order valence-corrected chi connectivity index (χ2v) is 6.87. The minimum atomic E-state index is -4.91. The fourth-order valence-electron chi connectivity index (χ4n) is 3.52. The lowest BCUT2D eigenvalue weighted by Gasteiger charge is -2.26. The molecule has 1 fully saturated rings. The van der Waals surface area contributed by atoms with Crippen LogP contribution in [0, 0.1) is 17.6 Å². The van der Waals surface area contributed by atoms with Gasteiger partial charge in [0.25, 0.3) is 0 Å². The summed E-state index contributed by atoms with van der Waals surface area (Å²) in [6.07, 6.45) is -0.366. The van der Waals surface area contributed by atoms with Gasteiger partial charge in [0, 0.05) is 5.56 Å². The molecule has 0 N–H and O–H groups in total. The van der Waals surface area contributed by atoms with E-state index in [2.05, 4.69) is 6.92 Å². The van der Waals surface area contributed by atoms with Gasteiger partial charge in [-0.1, -0.05) is 63.9 Å². The average molecular weight is 384 g/mol. The summed E-state index contributed by atoms with van der Waals surface area (Å²) in [6, 6.07) is 8.61. The van der Waals surface area contributed by atoms with Gasteiger partial charge in [-0.25, -0.2) is 8.78 Å². The first kappa shape index (κ1) is 21.4. The molecule has 1 aliphatic carbocycles. The molecule has 2 aromatic carbocycles. The standard InChI is InChI=1S/C20H19F5.C2H6/c1-12-2-4-13(5-3-12)14-6-8-15(9-7-14)16-10-11-17(20(23,24)25)19(22)18(16)21;1-2/h6-13H,2-5H2,1H3;1-2H3. The van der Waals surface area contributed by atoms with Crippen LogP contribution in [-0.4, -0.2) is 0 Å². The van der Waals surface area contributed by atoms with Crippen LogP contribution >= 0.6 is 0 Å². The molecule has 0 amide bonds. The number of halogens is 5. The Morgan fingerprint density at radius 2 is 1.33 bits per heavy atom. The highest BCUT2D eigenvalue weighted by atomic mass is 19.4. The van der Waals surface area contributed by atoms with Crippen molar-refractivity contribution in [2.75, 3.05) is 0 Å². The van der Waals surface area contributed by atoms with E-state index < -0.39 is 23.4 Å². The molecular weight excluding hydrogens is 359 g/mol. The van der Waals surface area contributed by atoms with E-state index in [1.54, 1.807) is 12.1 Å². The lowest BCUT2D eigenvalue weighted by molar-refractivity contribution is -0.140. The minimum absolute atomic E-state index is 0.158. The molecule has 0 atom stereocenters. The van der Waals surface area contributed by atoms with Gasteiger partial charge < -0.3 is 0 Å². The van der Waals surface area contributed by atoms with E-state index in [9.17, 15) is 22.0 Å². The Bertz CT molecular complexity index is 739. The largest absolute Gasteiger partial charge is 0.419 e. The van der Waals surface area contributed by atoms with Crippen molar-refractivity contribution >= 4 is 0 Å². The summed E-state index contributed by atoms with van der Waals surface area (Å²) in [6.45, 7) is 6.24. The van der Waals surface area contributed by atoms with Gasteiger partial charge in [0.1, 0.15) is 0 Å². The molecule has 1 aliphatic rings. The van der Waals surface area contributed by atoms with Gasteiger partial charge >= 0.3 is 6.18 Å². The van der Waals surface area contributed by atoms with Crippen LogP contribution in [0.25, 0.3) is 11.1 Å². The summed E-state index contributed by atoms with van der Waals surface area (Å²) in [7, 11) is 0. The van der Waals surface area contributed by atoms with Crippen molar-refractivity contribution in [1.29, 1.82) is 0 Å². The van der Waals surface area contributed by atoms with Gasteiger partial charge in [-0.3, -0.25) is 0 Å². The number of alkyl halides is 3. The van der Waals surface area contributed by atoms with Crippen LogP contribution in [0.1, 0.15) is 63.5 Å². The van der Waals surface area contributed by atoms with Gasteiger partial charge in [0.05, 0.1) is 5.56 Å². The zero-order chi connectivity index (χ0) is 20.2. The Morgan fingerprint density at radius 1 is 0.778 bits per heavy atom. The highest BCUT2D eigenvalue weighted by molar-refractivity contribution is 5.65. The third kappa shape index (κ3) is 4.88. The number of benzene rings is 2. The predicted octanol–water partition coefficient (Wildman–Crippen LogP) is 7.97. The Labute approximate surface area is 157 Å². The molecule has 0 heterocycles. The molecule has 3 rings (SSSR count). The van der Waals surface area contributed by atoms with E-state index in [1.165, 1.54) is 12.8 Å². The normalized spacial score (nSPS) is 20.0. The van der Waals surface area contributed by atoms with Crippen LogP contribution in [0.2, 0.25) is 0 Å². The molecule has 5 heteroatoms. The molecular formula is C22H25F5. The Hall–Kier alpha value is -1.91. The van der Waals surface area contributed by atoms with Crippen LogP contribution in [-0.2, 0) is 6.18 Å². The highest BCUT2D eigenvalue weighted by Crippen LogP contribution is 2.38. The molecule has 0 nitrogen and oxygen atoms in total. The zero-order valence-electron chi connectivity index (χ0n) is 15.8. The van der Waals surface area contributed by atoms with E-state index in [-0.39, 0.29) is 5.56 Å². The van der Waals surface area contributed by atoms with Crippen molar-refractivity contribution in [2.45, 2.75) is 58.5 Å². The van der Waals surface area contributed by atoms with Crippen molar-refractivity contribution in [1.82, 2.24) is 0 Å². The van der Waals surface area contributed by atoms with Crippen molar-refractivity contribution in [2.24, 2.45) is 5.92 Å². The van der Waals surface area contributed by atoms with Crippen molar-refractivity contribution in [3.8, 4) is 11.1 Å². The van der Waals surface area contributed by atoms with Crippen molar-refractivity contribution in [3.63, 3.8) is 0 Å². The fourth-order valence-corrected chi connectivity index (χ4v) is 3.52. The average Bonchev–Trinajstić information content (AvgIpc) is 2.65. The van der Waals surface area contributed by atoms with Gasteiger partial charge in [-0.05, 0) is 41.9 Å².